The quantitative estimate of drug-likeness (QED) is 0.251. The molecule has 11 heteroatoms. The van der Waals surface area contributed by atoms with Crippen molar-refractivity contribution in [2.75, 3.05) is 15.4 Å². The van der Waals surface area contributed by atoms with Gasteiger partial charge in [-0.3, -0.25) is 4.72 Å². The molecular formula is C27H28FN7O2S. The highest BCUT2D eigenvalue weighted by atomic mass is 32.2. The number of hydrogen-bond acceptors (Lipinski definition) is 8. The first-order valence-corrected chi connectivity index (χ1v) is 13.8. The van der Waals surface area contributed by atoms with Crippen LogP contribution >= 0.6 is 0 Å². The van der Waals surface area contributed by atoms with E-state index in [1.165, 1.54) is 24.3 Å². The van der Waals surface area contributed by atoms with Crippen LogP contribution in [0.5, 0.6) is 0 Å². The van der Waals surface area contributed by atoms with E-state index in [2.05, 4.69) is 30.3 Å². The van der Waals surface area contributed by atoms with Crippen molar-refractivity contribution in [1.29, 1.82) is 0 Å². The van der Waals surface area contributed by atoms with Gasteiger partial charge in [0, 0.05) is 36.1 Å². The van der Waals surface area contributed by atoms with Crippen LogP contribution in [0, 0.1) is 5.82 Å². The number of nitrogens with zero attached hydrogens (tertiary/aromatic N) is 3. The SMILES string of the molecule is NC1CCC(Nc2nccc(-c3cccnc3Nc3ccc(NS(=O)(=O)c4ccccc4)cc3F)n2)CC1. The number of nitrogens with two attached hydrogens (primary N) is 1. The van der Waals surface area contributed by atoms with Gasteiger partial charge in [0.15, 0.2) is 0 Å². The first kappa shape index (κ1) is 25.6. The smallest absolute Gasteiger partial charge is 0.261 e. The van der Waals surface area contributed by atoms with E-state index >= 15 is 4.39 Å². The maximum atomic E-state index is 15.0. The predicted octanol–water partition coefficient (Wildman–Crippen LogP) is 4.90. The summed E-state index contributed by atoms with van der Waals surface area (Å²) in [6.07, 6.45) is 7.12. The van der Waals surface area contributed by atoms with Crippen LogP contribution in [0.2, 0.25) is 0 Å². The van der Waals surface area contributed by atoms with E-state index in [0.717, 1.165) is 31.7 Å². The summed E-state index contributed by atoms with van der Waals surface area (Å²) in [5, 5.41) is 6.40. The lowest BCUT2D eigenvalue weighted by atomic mass is 9.92. The third-order valence-electron chi connectivity index (χ3n) is 6.37. The van der Waals surface area contributed by atoms with Gasteiger partial charge in [0.25, 0.3) is 10.0 Å². The molecule has 2 heterocycles. The van der Waals surface area contributed by atoms with Crippen LogP contribution < -0.4 is 21.1 Å². The number of nitrogens with one attached hydrogen (secondary N) is 3. The summed E-state index contributed by atoms with van der Waals surface area (Å²) >= 11 is 0. The number of anilines is 4. The number of aromatic nitrogens is 3. The molecule has 196 valence electrons. The Morgan fingerprint density at radius 3 is 2.45 bits per heavy atom. The summed E-state index contributed by atoms with van der Waals surface area (Å²) in [4.78, 5) is 13.5. The van der Waals surface area contributed by atoms with E-state index in [9.17, 15) is 8.42 Å². The Labute approximate surface area is 220 Å². The zero-order chi connectivity index (χ0) is 26.5. The maximum Gasteiger partial charge on any atom is 0.261 e. The summed E-state index contributed by atoms with van der Waals surface area (Å²) in [7, 11) is -3.84. The summed E-state index contributed by atoms with van der Waals surface area (Å²) < 4.78 is 42.6. The lowest BCUT2D eigenvalue weighted by Gasteiger charge is -2.26. The van der Waals surface area contributed by atoms with Crippen LogP contribution in [0.25, 0.3) is 11.3 Å². The molecule has 0 aliphatic heterocycles. The molecule has 2 aromatic heterocycles. The Morgan fingerprint density at radius 1 is 0.895 bits per heavy atom. The van der Waals surface area contributed by atoms with Crippen LogP contribution in [0.15, 0.2) is 84.0 Å². The van der Waals surface area contributed by atoms with Crippen LogP contribution in [-0.2, 0) is 10.0 Å². The minimum absolute atomic E-state index is 0.0894. The van der Waals surface area contributed by atoms with E-state index in [1.54, 1.807) is 42.7 Å². The highest BCUT2D eigenvalue weighted by molar-refractivity contribution is 7.92. The van der Waals surface area contributed by atoms with Crippen molar-refractivity contribution in [3.8, 4) is 11.3 Å². The predicted molar refractivity (Wildman–Crippen MR) is 146 cm³/mol. The van der Waals surface area contributed by atoms with E-state index < -0.39 is 15.8 Å². The number of pyridine rings is 1. The fraction of sp³-hybridized carbons (Fsp3) is 0.222. The van der Waals surface area contributed by atoms with Gasteiger partial charge in [-0.25, -0.2) is 27.8 Å². The molecule has 0 saturated heterocycles. The van der Waals surface area contributed by atoms with Crippen molar-refractivity contribution in [2.45, 2.75) is 42.7 Å². The maximum absolute atomic E-state index is 15.0. The Hall–Kier alpha value is -4.09. The molecule has 0 unspecified atom stereocenters. The zero-order valence-corrected chi connectivity index (χ0v) is 21.3. The van der Waals surface area contributed by atoms with Crippen molar-refractivity contribution in [3.05, 3.63) is 84.9 Å². The number of halogens is 1. The fourth-order valence-corrected chi connectivity index (χ4v) is 5.43. The van der Waals surface area contributed by atoms with Gasteiger partial charge < -0.3 is 16.4 Å². The third kappa shape index (κ3) is 6.06. The fourth-order valence-electron chi connectivity index (χ4n) is 4.36. The van der Waals surface area contributed by atoms with Gasteiger partial charge in [-0.05, 0) is 68.1 Å². The van der Waals surface area contributed by atoms with E-state index in [1.807, 2.05) is 6.07 Å². The molecule has 1 aliphatic rings. The largest absolute Gasteiger partial charge is 0.351 e. The second-order valence-electron chi connectivity index (χ2n) is 9.16. The Kier molecular flexibility index (Phi) is 7.47. The molecule has 4 aromatic rings. The molecule has 1 saturated carbocycles. The Bertz CT molecular complexity index is 1510. The van der Waals surface area contributed by atoms with Gasteiger partial charge >= 0.3 is 0 Å². The first-order valence-electron chi connectivity index (χ1n) is 12.3. The molecule has 5 rings (SSSR count). The highest BCUT2D eigenvalue weighted by Gasteiger charge is 2.20. The van der Waals surface area contributed by atoms with Gasteiger partial charge in [-0.1, -0.05) is 18.2 Å². The van der Waals surface area contributed by atoms with Crippen LogP contribution in [0.4, 0.5) is 27.5 Å². The summed E-state index contributed by atoms with van der Waals surface area (Å²) in [5.74, 6) is 0.270. The first-order chi connectivity index (χ1) is 18.4. The molecule has 1 fully saturated rings. The second kappa shape index (κ2) is 11.1. The van der Waals surface area contributed by atoms with Crippen molar-refractivity contribution in [1.82, 2.24) is 15.0 Å². The molecule has 5 N–H and O–H groups in total. The number of hydrogen-bond donors (Lipinski definition) is 4. The van der Waals surface area contributed by atoms with Crippen molar-refractivity contribution >= 4 is 33.2 Å². The van der Waals surface area contributed by atoms with E-state index in [-0.39, 0.29) is 28.4 Å². The summed E-state index contributed by atoms with van der Waals surface area (Å²) in [5.41, 5.74) is 7.54. The molecule has 1 aliphatic carbocycles. The molecule has 0 spiro atoms. The van der Waals surface area contributed by atoms with Gasteiger partial charge in [-0.15, -0.1) is 0 Å². The number of benzene rings is 2. The summed E-state index contributed by atoms with van der Waals surface area (Å²) in [6.45, 7) is 0. The monoisotopic (exact) mass is 533 g/mol. The summed E-state index contributed by atoms with van der Waals surface area (Å²) in [6, 6.07) is 17.8. The second-order valence-corrected chi connectivity index (χ2v) is 10.8. The molecule has 38 heavy (non-hydrogen) atoms. The lowest BCUT2D eigenvalue weighted by molar-refractivity contribution is 0.410. The minimum Gasteiger partial charge on any atom is -0.351 e. The molecule has 0 radical (unpaired) electrons. The van der Waals surface area contributed by atoms with Gasteiger partial charge in [-0.2, -0.15) is 0 Å². The molecular weight excluding hydrogens is 505 g/mol. The van der Waals surface area contributed by atoms with E-state index in [0.29, 0.717) is 23.0 Å². The van der Waals surface area contributed by atoms with Crippen molar-refractivity contribution < 1.29 is 12.8 Å². The average molecular weight is 534 g/mol. The van der Waals surface area contributed by atoms with Crippen molar-refractivity contribution in [2.24, 2.45) is 5.73 Å². The van der Waals surface area contributed by atoms with Crippen LogP contribution in [0.1, 0.15) is 25.7 Å². The minimum atomic E-state index is -3.84. The molecule has 0 bridgehead atoms. The van der Waals surface area contributed by atoms with Crippen LogP contribution in [-0.4, -0.2) is 35.5 Å². The molecule has 0 atom stereocenters. The van der Waals surface area contributed by atoms with Crippen LogP contribution in [0.3, 0.4) is 0 Å². The lowest BCUT2D eigenvalue weighted by Crippen LogP contribution is -2.33. The molecule has 2 aromatic carbocycles. The van der Waals surface area contributed by atoms with Gasteiger partial charge in [0.05, 0.1) is 22.0 Å². The normalized spacial score (nSPS) is 17.5. The third-order valence-corrected chi connectivity index (χ3v) is 7.77. The Balaban J connectivity index is 1.33. The topological polar surface area (TPSA) is 135 Å². The van der Waals surface area contributed by atoms with Crippen molar-refractivity contribution in [3.63, 3.8) is 0 Å². The van der Waals surface area contributed by atoms with Gasteiger partial charge in [0.2, 0.25) is 5.95 Å². The highest BCUT2D eigenvalue weighted by Crippen LogP contribution is 2.30. The zero-order valence-electron chi connectivity index (χ0n) is 20.5. The molecule has 9 nitrogen and oxygen atoms in total. The number of rotatable bonds is 8. The Morgan fingerprint density at radius 2 is 1.68 bits per heavy atom. The molecule has 0 amide bonds. The standard InChI is InChI=1S/C27H28FN7O2S/c28-23-17-20(35-38(36,37)21-5-2-1-3-6-21)12-13-25(23)33-26-22(7-4-15-30-26)24-14-16-31-27(34-24)32-19-10-8-18(29)9-11-19/h1-7,12-19,35H,8-11,29H2,(H,30,33)(H,31,32,34). The van der Waals surface area contributed by atoms with E-state index in [4.69, 9.17) is 5.73 Å². The average Bonchev–Trinajstić information content (AvgIpc) is 2.92. The number of sulfonamides is 1. The van der Waals surface area contributed by atoms with Gasteiger partial charge in [0.1, 0.15) is 11.6 Å².